The fourth-order valence-electron chi connectivity index (χ4n) is 2.70. The molecule has 2 aromatic carbocycles. The zero-order valence-electron chi connectivity index (χ0n) is 17.5. The molecule has 6 heteroatoms. The second kappa shape index (κ2) is 11.4. The van der Waals surface area contributed by atoms with Crippen molar-refractivity contribution < 1.29 is 4.79 Å². The van der Waals surface area contributed by atoms with Gasteiger partial charge in [-0.2, -0.15) is 0 Å². The van der Waals surface area contributed by atoms with Crippen molar-refractivity contribution in [3.63, 3.8) is 0 Å². The Labute approximate surface area is 169 Å². The molecule has 2 N–H and O–H groups in total. The molecule has 28 heavy (non-hydrogen) atoms. The van der Waals surface area contributed by atoms with E-state index < -0.39 is 0 Å². The third kappa shape index (κ3) is 8.08. The maximum Gasteiger partial charge on any atom is 0.269 e. The van der Waals surface area contributed by atoms with Crippen LogP contribution in [0.5, 0.6) is 0 Å². The molecule has 0 aromatic heterocycles. The molecule has 0 bridgehead atoms. The molecule has 0 saturated carbocycles. The Morgan fingerprint density at radius 1 is 0.786 bits per heavy atom. The predicted octanol–water partition coefficient (Wildman–Crippen LogP) is 2.37. The van der Waals surface area contributed by atoms with E-state index in [0.29, 0.717) is 5.56 Å². The SMILES string of the molecule is CN(C)CCN(CCN(C)C)Cc1ccc(NNC(=O)c2ccccc2)cc1. The van der Waals surface area contributed by atoms with Crippen LogP contribution >= 0.6 is 0 Å². The topological polar surface area (TPSA) is 50.9 Å². The molecule has 0 spiro atoms. The van der Waals surface area contributed by atoms with E-state index >= 15 is 0 Å². The Morgan fingerprint density at radius 2 is 1.36 bits per heavy atom. The number of carbonyl (C=O) groups is 1. The van der Waals surface area contributed by atoms with Crippen molar-refractivity contribution in [2.45, 2.75) is 6.54 Å². The van der Waals surface area contributed by atoms with Crippen LogP contribution in [0.15, 0.2) is 54.6 Å². The molecule has 0 aliphatic carbocycles. The van der Waals surface area contributed by atoms with Crippen LogP contribution in [0.2, 0.25) is 0 Å². The number of likely N-dealkylation sites (N-methyl/N-ethyl adjacent to an activating group) is 2. The molecular formula is C22H33N5O. The minimum absolute atomic E-state index is 0.150. The lowest BCUT2D eigenvalue weighted by Crippen LogP contribution is -2.36. The van der Waals surface area contributed by atoms with E-state index in [9.17, 15) is 4.79 Å². The Morgan fingerprint density at radius 3 is 1.89 bits per heavy atom. The zero-order chi connectivity index (χ0) is 20.4. The second-order valence-corrected chi connectivity index (χ2v) is 7.52. The molecule has 0 aliphatic heterocycles. The van der Waals surface area contributed by atoms with Crippen LogP contribution in [0.3, 0.4) is 0 Å². The fourth-order valence-corrected chi connectivity index (χ4v) is 2.70. The average molecular weight is 384 g/mol. The van der Waals surface area contributed by atoms with Gasteiger partial charge in [0, 0.05) is 38.3 Å². The number of nitrogens with one attached hydrogen (secondary N) is 2. The summed E-state index contributed by atoms with van der Waals surface area (Å²) in [6.07, 6.45) is 0. The van der Waals surface area contributed by atoms with E-state index in [1.807, 2.05) is 30.3 Å². The van der Waals surface area contributed by atoms with Gasteiger partial charge in [0.2, 0.25) is 0 Å². The van der Waals surface area contributed by atoms with Crippen molar-refractivity contribution in [2.75, 3.05) is 59.8 Å². The number of nitrogens with zero attached hydrogens (tertiary/aromatic N) is 3. The lowest BCUT2D eigenvalue weighted by Gasteiger charge is -2.25. The lowest BCUT2D eigenvalue weighted by atomic mass is 10.2. The second-order valence-electron chi connectivity index (χ2n) is 7.52. The van der Waals surface area contributed by atoms with Crippen molar-refractivity contribution >= 4 is 11.6 Å². The molecule has 1 amide bonds. The highest BCUT2D eigenvalue weighted by atomic mass is 16.2. The number of hydrazine groups is 1. The van der Waals surface area contributed by atoms with Crippen LogP contribution in [-0.4, -0.2) is 75.0 Å². The largest absolute Gasteiger partial charge is 0.308 e. The minimum Gasteiger partial charge on any atom is -0.308 e. The Kier molecular flexibility index (Phi) is 8.94. The Hall–Kier alpha value is -2.41. The summed E-state index contributed by atoms with van der Waals surface area (Å²) in [6, 6.07) is 17.4. The molecule has 0 atom stereocenters. The molecule has 2 aromatic rings. The first kappa shape index (κ1) is 21.9. The summed E-state index contributed by atoms with van der Waals surface area (Å²) in [6.45, 7) is 5.07. The van der Waals surface area contributed by atoms with Crippen LogP contribution in [-0.2, 0) is 6.54 Å². The van der Waals surface area contributed by atoms with Crippen molar-refractivity contribution in [1.82, 2.24) is 20.1 Å². The molecular weight excluding hydrogens is 350 g/mol. The first-order valence-electron chi connectivity index (χ1n) is 9.66. The zero-order valence-corrected chi connectivity index (χ0v) is 17.5. The average Bonchev–Trinajstić information content (AvgIpc) is 2.69. The van der Waals surface area contributed by atoms with Gasteiger partial charge in [-0.05, 0) is 58.0 Å². The number of carbonyl (C=O) groups excluding carboxylic acids is 1. The van der Waals surface area contributed by atoms with Crippen LogP contribution in [0.1, 0.15) is 15.9 Å². The van der Waals surface area contributed by atoms with Crippen LogP contribution in [0.25, 0.3) is 0 Å². The summed E-state index contributed by atoms with van der Waals surface area (Å²) in [5.41, 5.74) is 8.46. The number of hydrogen-bond donors (Lipinski definition) is 2. The maximum absolute atomic E-state index is 12.1. The number of amides is 1. The van der Waals surface area contributed by atoms with Gasteiger partial charge in [-0.3, -0.25) is 20.5 Å². The molecule has 0 heterocycles. The van der Waals surface area contributed by atoms with E-state index in [1.54, 1.807) is 12.1 Å². The highest BCUT2D eigenvalue weighted by molar-refractivity contribution is 5.94. The predicted molar refractivity (Wildman–Crippen MR) is 116 cm³/mol. The number of anilines is 1. The molecule has 0 unspecified atom stereocenters. The van der Waals surface area contributed by atoms with Crippen molar-refractivity contribution in [2.24, 2.45) is 0 Å². The van der Waals surface area contributed by atoms with Crippen molar-refractivity contribution in [3.05, 3.63) is 65.7 Å². The molecule has 2 rings (SSSR count). The standard InChI is InChI=1S/C22H33N5O/c1-25(2)14-16-27(17-15-26(3)4)18-19-10-12-21(13-11-19)23-24-22(28)20-8-6-5-7-9-20/h5-13,23H,14-18H2,1-4H3,(H,24,28). The van der Waals surface area contributed by atoms with Gasteiger partial charge in [0.05, 0.1) is 5.69 Å². The summed E-state index contributed by atoms with van der Waals surface area (Å²) in [5, 5.41) is 0. The summed E-state index contributed by atoms with van der Waals surface area (Å²) < 4.78 is 0. The van der Waals surface area contributed by atoms with E-state index in [-0.39, 0.29) is 5.91 Å². The van der Waals surface area contributed by atoms with Crippen molar-refractivity contribution in [1.29, 1.82) is 0 Å². The third-order valence-corrected chi connectivity index (χ3v) is 4.44. The van der Waals surface area contributed by atoms with Gasteiger partial charge < -0.3 is 9.80 Å². The van der Waals surface area contributed by atoms with E-state index in [4.69, 9.17) is 0 Å². The molecule has 6 nitrogen and oxygen atoms in total. The maximum atomic E-state index is 12.1. The van der Waals surface area contributed by atoms with Crippen LogP contribution in [0, 0.1) is 0 Å². The van der Waals surface area contributed by atoms with Gasteiger partial charge in [-0.15, -0.1) is 0 Å². The van der Waals surface area contributed by atoms with E-state index in [1.165, 1.54) is 5.56 Å². The van der Waals surface area contributed by atoms with Gasteiger partial charge in [0.15, 0.2) is 0 Å². The first-order chi connectivity index (χ1) is 13.4. The normalized spacial score (nSPS) is 11.2. The van der Waals surface area contributed by atoms with E-state index in [0.717, 1.165) is 38.4 Å². The quantitative estimate of drug-likeness (QED) is 0.584. The summed E-state index contributed by atoms with van der Waals surface area (Å²) >= 11 is 0. The fraction of sp³-hybridized carbons (Fsp3) is 0.409. The number of benzene rings is 2. The Bertz CT molecular complexity index is 689. The van der Waals surface area contributed by atoms with Crippen LogP contribution < -0.4 is 10.9 Å². The van der Waals surface area contributed by atoms with Crippen LogP contribution in [0.4, 0.5) is 5.69 Å². The van der Waals surface area contributed by atoms with Gasteiger partial charge in [0.25, 0.3) is 5.91 Å². The Balaban J connectivity index is 1.87. The lowest BCUT2D eigenvalue weighted by molar-refractivity contribution is 0.0962. The summed E-state index contributed by atoms with van der Waals surface area (Å²) in [5.74, 6) is -0.150. The molecule has 0 fully saturated rings. The smallest absolute Gasteiger partial charge is 0.269 e. The minimum atomic E-state index is -0.150. The van der Waals surface area contributed by atoms with Crippen molar-refractivity contribution in [3.8, 4) is 0 Å². The summed E-state index contributed by atoms with van der Waals surface area (Å²) in [4.78, 5) is 19.0. The molecule has 0 aliphatic rings. The highest BCUT2D eigenvalue weighted by Gasteiger charge is 2.08. The number of hydrogen-bond acceptors (Lipinski definition) is 5. The number of rotatable bonds is 11. The highest BCUT2D eigenvalue weighted by Crippen LogP contribution is 2.11. The van der Waals surface area contributed by atoms with Gasteiger partial charge in [0.1, 0.15) is 0 Å². The summed E-state index contributed by atoms with van der Waals surface area (Å²) in [7, 11) is 8.42. The monoisotopic (exact) mass is 383 g/mol. The van der Waals surface area contributed by atoms with Gasteiger partial charge in [-0.1, -0.05) is 30.3 Å². The molecule has 152 valence electrons. The molecule has 0 radical (unpaired) electrons. The third-order valence-electron chi connectivity index (χ3n) is 4.44. The van der Waals surface area contributed by atoms with E-state index in [2.05, 4.69) is 65.9 Å². The molecule has 0 saturated heterocycles. The first-order valence-corrected chi connectivity index (χ1v) is 9.66. The van der Waals surface area contributed by atoms with Gasteiger partial charge >= 0.3 is 0 Å². The van der Waals surface area contributed by atoms with Gasteiger partial charge in [-0.25, -0.2) is 0 Å².